The van der Waals surface area contributed by atoms with Crippen LogP contribution in [0.5, 0.6) is 0 Å². The molecule has 7 heteroatoms. The Morgan fingerprint density at radius 2 is 1.95 bits per heavy atom. The van der Waals surface area contributed by atoms with Gasteiger partial charge in [-0.15, -0.1) is 10.2 Å². The van der Waals surface area contributed by atoms with Crippen LogP contribution in [0.1, 0.15) is 82.1 Å². The van der Waals surface area contributed by atoms with Crippen molar-refractivity contribution in [3.05, 3.63) is 59.1 Å². The van der Waals surface area contributed by atoms with Crippen LogP contribution in [0.4, 0.5) is 4.79 Å². The summed E-state index contributed by atoms with van der Waals surface area (Å²) < 4.78 is 7.74. The molecule has 1 aromatic carbocycles. The Balaban J connectivity index is 1.41. The summed E-state index contributed by atoms with van der Waals surface area (Å²) in [6.45, 7) is 14.6. The first kappa shape index (κ1) is 24.7. The predicted octanol–water partition coefficient (Wildman–Crippen LogP) is 7.17. The fraction of sp³-hybridized carbons (Fsp3) is 0.452. The molecular weight excluding hydrogens is 474 g/mol. The van der Waals surface area contributed by atoms with Crippen LogP contribution in [-0.2, 0) is 4.74 Å². The number of hydrogen-bond donors (Lipinski definition) is 1. The van der Waals surface area contributed by atoms with Crippen molar-refractivity contribution >= 4 is 28.2 Å². The molecule has 38 heavy (non-hydrogen) atoms. The summed E-state index contributed by atoms with van der Waals surface area (Å²) >= 11 is 0. The van der Waals surface area contributed by atoms with Gasteiger partial charge in [-0.25, -0.2) is 4.79 Å². The van der Waals surface area contributed by atoms with Crippen molar-refractivity contribution < 1.29 is 9.53 Å². The van der Waals surface area contributed by atoms with Gasteiger partial charge in [0.25, 0.3) is 0 Å². The van der Waals surface area contributed by atoms with Crippen LogP contribution >= 0.6 is 0 Å². The average molecular weight is 512 g/mol. The van der Waals surface area contributed by atoms with E-state index >= 15 is 0 Å². The van der Waals surface area contributed by atoms with Gasteiger partial charge in [-0.05, 0) is 99.8 Å². The Bertz CT molecular complexity index is 1600. The third-order valence-electron chi connectivity index (χ3n) is 8.20. The van der Waals surface area contributed by atoms with Crippen molar-refractivity contribution in [3.8, 4) is 11.3 Å². The maximum absolute atomic E-state index is 12.9. The molecule has 2 unspecified atom stereocenters. The highest BCUT2D eigenvalue weighted by molar-refractivity contribution is 5.94. The number of hydrogen-bond acceptors (Lipinski definition) is 4. The summed E-state index contributed by atoms with van der Waals surface area (Å²) in [6, 6.07) is 7.07. The fourth-order valence-electron chi connectivity index (χ4n) is 6.33. The summed E-state index contributed by atoms with van der Waals surface area (Å²) in [4.78, 5) is 18.6. The lowest BCUT2D eigenvalue weighted by atomic mass is 9.91. The van der Waals surface area contributed by atoms with Crippen molar-refractivity contribution in [3.63, 3.8) is 0 Å². The Labute approximate surface area is 223 Å². The number of ether oxygens (including phenoxy) is 1. The van der Waals surface area contributed by atoms with Gasteiger partial charge < -0.3 is 9.72 Å². The first-order valence-electron chi connectivity index (χ1n) is 13.7. The molecule has 5 heterocycles. The molecule has 0 radical (unpaired) electrons. The highest BCUT2D eigenvalue weighted by Crippen LogP contribution is 2.42. The number of aromatic amines is 1. The summed E-state index contributed by atoms with van der Waals surface area (Å²) in [5.74, 6) is 0.337. The number of pyridine rings is 1. The van der Waals surface area contributed by atoms with E-state index < -0.39 is 5.60 Å². The molecule has 1 fully saturated rings. The first-order valence-corrected chi connectivity index (χ1v) is 13.7. The summed E-state index contributed by atoms with van der Waals surface area (Å²) in [5.41, 5.74) is 10.2. The number of benzene rings is 1. The number of H-pyrrole nitrogens is 1. The molecule has 2 atom stereocenters. The van der Waals surface area contributed by atoms with Crippen molar-refractivity contribution in [1.82, 2.24) is 24.5 Å². The second-order valence-corrected chi connectivity index (χ2v) is 12.3. The van der Waals surface area contributed by atoms with Crippen LogP contribution in [0, 0.1) is 13.8 Å². The first-order chi connectivity index (χ1) is 18.0. The van der Waals surface area contributed by atoms with Gasteiger partial charge in [-0.2, -0.15) is 0 Å². The van der Waals surface area contributed by atoms with E-state index in [1.807, 2.05) is 30.1 Å². The number of amides is 1. The normalized spacial score (nSPS) is 19.6. The second-order valence-electron chi connectivity index (χ2n) is 12.3. The van der Waals surface area contributed by atoms with Crippen molar-refractivity contribution in [1.29, 1.82) is 0 Å². The van der Waals surface area contributed by atoms with Crippen LogP contribution < -0.4 is 0 Å². The molecule has 198 valence electrons. The number of carbonyl (C=O) groups is 1. The lowest BCUT2D eigenvalue weighted by Gasteiger charge is -2.35. The van der Waals surface area contributed by atoms with Gasteiger partial charge in [0.2, 0.25) is 0 Å². The number of nitrogens with one attached hydrogen (secondary N) is 1. The molecule has 1 N–H and O–H groups in total. The molecule has 2 aliphatic heterocycles. The molecule has 1 saturated heterocycles. The maximum atomic E-state index is 12.9. The number of rotatable bonds is 3. The average Bonchev–Trinajstić information content (AvgIpc) is 3.53. The third-order valence-corrected chi connectivity index (χ3v) is 8.20. The van der Waals surface area contributed by atoms with E-state index in [4.69, 9.17) is 4.74 Å². The molecule has 2 bridgehead atoms. The highest BCUT2D eigenvalue weighted by Gasteiger charge is 2.41. The zero-order chi connectivity index (χ0) is 26.9. The lowest BCUT2D eigenvalue weighted by Crippen LogP contribution is -2.45. The quantitative estimate of drug-likeness (QED) is 0.316. The number of carbonyl (C=O) groups excluding carboxylic acids is 1. The second kappa shape index (κ2) is 8.72. The monoisotopic (exact) mass is 511 g/mol. The number of fused-ring (bicyclic) bond motifs is 4. The molecule has 6 rings (SSSR count). The molecular formula is C31H37N5O2. The number of aryl methyl sites for hydroxylation is 1. The molecule has 0 spiro atoms. The van der Waals surface area contributed by atoms with E-state index in [0.717, 1.165) is 41.7 Å². The van der Waals surface area contributed by atoms with E-state index in [9.17, 15) is 4.79 Å². The third kappa shape index (κ3) is 3.99. The van der Waals surface area contributed by atoms with E-state index in [2.05, 4.69) is 73.3 Å². The summed E-state index contributed by atoms with van der Waals surface area (Å²) in [6.07, 6.45) is 8.88. The Hall–Kier alpha value is -3.61. The molecule has 0 aliphatic carbocycles. The molecule has 1 amide bonds. The fourth-order valence-corrected chi connectivity index (χ4v) is 6.33. The minimum atomic E-state index is -0.486. The largest absolute Gasteiger partial charge is 0.444 e. The predicted molar refractivity (Wildman–Crippen MR) is 151 cm³/mol. The molecule has 0 saturated carbocycles. The van der Waals surface area contributed by atoms with Gasteiger partial charge in [0.05, 0.1) is 11.7 Å². The molecule has 2 aliphatic rings. The standard InChI is InChI=1S/C31H37N5O2/c1-17(2)27-24-14-20(21-12-22-9-10-23(13-21)36(22)30(37)38-31(5,6)7)8-11-26(24)33-28(27)25-15-35-16-32-34-29(35)19(4)18(25)3/h8,11-12,14-17,22-23,33H,9-10,13H2,1-7H3. The van der Waals surface area contributed by atoms with Gasteiger partial charge in [0, 0.05) is 28.7 Å². The van der Waals surface area contributed by atoms with E-state index in [1.54, 1.807) is 6.33 Å². The van der Waals surface area contributed by atoms with E-state index in [0.29, 0.717) is 5.92 Å². The van der Waals surface area contributed by atoms with Crippen LogP contribution in [0.2, 0.25) is 0 Å². The summed E-state index contributed by atoms with van der Waals surface area (Å²) in [7, 11) is 0. The molecule has 4 aromatic rings. The van der Waals surface area contributed by atoms with E-state index in [1.165, 1.54) is 33.2 Å². The lowest BCUT2D eigenvalue weighted by molar-refractivity contribution is 0.0175. The van der Waals surface area contributed by atoms with Crippen LogP contribution in [0.3, 0.4) is 0 Å². The topological polar surface area (TPSA) is 75.5 Å². The minimum absolute atomic E-state index is 0.0989. The van der Waals surface area contributed by atoms with Crippen molar-refractivity contribution in [2.45, 2.75) is 91.3 Å². The number of nitrogens with zero attached hydrogens (tertiary/aromatic N) is 4. The van der Waals surface area contributed by atoms with Gasteiger partial charge in [-0.3, -0.25) is 9.30 Å². The minimum Gasteiger partial charge on any atom is -0.444 e. The van der Waals surface area contributed by atoms with E-state index in [-0.39, 0.29) is 18.2 Å². The highest BCUT2D eigenvalue weighted by atomic mass is 16.6. The van der Waals surface area contributed by atoms with Gasteiger partial charge >= 0.3 is 6.09 Å². The van der Waals surface area contributed by atoms with Crippen LogP contribution in [0.15, 0.2) is 36.8 Å². The van der Waals surface area contributed by atoms with Gasteiger partial charge in [0.1, 0.15) is 11.9 Å². The Morgan fingerprint density at radius 1 is 1.16 bits per heavy atom. The van der Waals surface area contributed by atoms with Gasteiger partial charge in [0.15, 0.2) is 5.65 Å². The van der Waals surface area contributed by atoms with Crippen LogP contribution in [-0.4, -0.2) is 48.3 Å². The maximum Gasteiger partial charge on any atom is 0.411 e. The van der Waals surface area contributed by atoms with Crippen molar-refractivity contribution in [2.24, 2.45) is 0 Å². The summed E-state index contributed by atoms with van der Waals surface area (Å²) in [5, 5.41) is 9.67. The van der Waals surface area contributed by atoms with Crippen LogP contribution in [0.25, 0.3) is 33.4 Å². The molecule has 3 aromatic heterocycles. The van der Waals surface area contributed by atoms with Gasteiger partial charge in [-0.1, -0.05) is 26.0 Å². The smallest absolute Gasteiger partial charge is 0.411 e. The Kier molecular flexibility index (Phi) is 5.67. The van der Waals surface area contributed by atoms with Crippen molar-refractivity contribution in [2.75, 3.05) is 0 Å². The Morgan fingerprint density at radius 3 is 2.66 bits per heavy atom. The zero-order valence-corrected chi connectivity index (χ0v) is 23.4. The zero-order valence-electron chi connectivity index (χ0n) is 23.4. The SMILES string of the molecule is Cc1c(-c2[nH]c3ccc(C4=CC5CCC(C4)N5C(=O)OC(C)(C)C)cc3c2C(C)C)cn2cnnc2c1C. The molecule has 7 nitrogen and oxygen atoms in total. The number of aromatic nitrogens is 4.